The smallest absolute Gasteiger partial charge is 0.303 e. The summed E-state index contributed by atoms with van der Waals surface area (Å²) in [4.78, 5) is 28.9. The van der Waals surface area contributed by atoms with Gasteiger partial charge in [0, 0.05) is 37.4 Å². The summed E-state index contributed by atoms with van der Waals surface area (Å²) in [7, 11) is 0. The van der Waals surface area contributed by atoms with E-state index in [4.69, 9.17) is 4.74 Å². The lowest BCUT2D eigenvalue weighted by molar-refractivity contribution is -0.149. The van der Waals surface area contributed by atoms with Crippen LogP contribution in [0, 0.1) is 12.8 Å². The number of rotatable bonds is 7. The van der Waals surface area contributed by atoms with Gasteiger partial charge < -0.3 is 14.7 Å². The van der Waals surface area contributed by atoms with Crippen molar-refractivity contribution in [2.75, 3.05) is 6.73 Å². The van der Waals surface area contributed by atoms with Gasteiger partial charge in [-0.2, -0.15) is 0 Å². The Kier molecular flexibility index (Phi) is 6.96. The predicted molar refractivity (Wildman–Crippen MR) is 84.2 cm³/mol. The van der Waals surface area contributed by atoms with Crippen LogP contribution in [-0.4, -0.2) is 39.6 Å². The van der Waals surface area contributed by atoms with Crippen LogP contribution in [0.15, 0.2) is 5.38 Å². The van der Waals surface area contributed by atoms with Crippen LogP contribution in [-0.2, 0) is 14.3 Å². The van der Waals surface area contributed by atoms with Crippen LogP contribution in [0.25, 0.3) is 0 Å². The van der Waals surface area contributed by atoms with E-state index in [0.717, 1.165) is 5.69 Å². The largest absolute Gasteiger partial charge is 0.455 e. The molecule has 1 amide bonds. The summed E-state index contributed by atoms with van der Waals surface area (Å²) in [5.74, 6) is -0.494. The molecule has 1 heterocycles. The minimum absolute atomic E-state index is 0.107. The normalized spacial score (nSPS) is 13.8. The highest BCUT2D eigenvalue weighted by Gasteiger charge is 2.30. The maximum atomic E-state index is 11.7. The number of amides is 1. The van der Waals surface area contributed by atoms with E-state index < -0.39 is 12.1 Å². The molecule has 1 rings (SSSR count). The summed E-state index contributed by atoms with van der Waals surface area (Å²) in [5, 5.41) is 12.1. The molecule has 22 heavy (non-hydrogen) atoms. The van der Waals surface area contributed by atoms with Crippen LogP contribution in [0.3, 0.4) is 0 Å². The number of carbonyl (C=O) groups is 2. The van der Waals surface area contributed by atoms with Crippen LogP contribution in [0.1, 0.15) is 50.9 Å². The van der Waals surface area contributed by atoms with E-state index in [2.05, 4.69) is 4.98 Å². The summed E-state index contributed by atoms with van der Waals surface area (Å²) in [6.07, 6.45) is -0.110. The third kappa shape index (κ3) is 5.06. The average molecular weight is 328 g/mol. The lowest BCUT2D eigenvalue weighted by Crippen LogP contribution is -2.43. The summed E-state index contributed by atoms with van der Waals surface area (Å²) in [6, 6.07) is -0.240. The van der Waals surface area contributed by atoms with Crippen LogP contribution in [0.4, 0.5) is 0 Å². The number of aromatic nitrogens is 1. The van der Waals surface area contributed by atoms with Crippen LogP contribution in [0.2, 0.25) is 0 Å². The van der Waals surface area contributed by atoms with E-state index in [1.165, 1.54) is 30.1 Å². The number of ether oxygens (including phenoxy) is 1. The maximum Gasteiger partial charge on any atom is 0.303 e. The molecule has 1 N–H and O–H groups in total. The second-order valence-electron chi connectivity index (χ2n) is 5.60. The second-order valence-corrected chi connectivity index (χ2v) is 6.49. The van der Waals surface area contributed by atoms with Crippen molar-refractivity contribution in [2.45, 2.75) is 53.2 Å². The van der Waals surface area contributed by atoms with Gasteiger partial charge in [0.15, 0.2) is 6.10 Å². The first-order valence-electron chi connectivity index (χ1n) is 7.23. The Morgan fingerprint density at radius 3 is 2.41 bits per heavy atom. The number of esters is 1. The average Bonchev–Trinajstić information content (AvgIpc) is 2.82. The number of aliphatic hydroxyl groups is 1. The van der Waals surface area contributed by atoms with Gasteiger partial charge in [0.2, 0.25) is 5.91 Å². The van der Waals surface area contributed by atoms with Crippen LogP contribution < -0.4 is 0 Å². The minimum atomic E-state index is -0.517. The molecule has 1 aromatic heterocycles. The second kappa shape index (κ2) is 8.24. The number of hydrogen-bond donors (Lipinski definition) is 1. The Bertz CT molecular complexity index is 515. The monoisotopic (exact) mass is 328 g/mol. The molecule has 2 atom stereocenters. The third-order valence-corrected chi connectivity index (χ3v) is 4.46. The highest BCUT2D eigenvalue weighted by molar-refractivity contribution is 7.09. The van der Waals surface area contributed by atoms with Crippen molar-refractivity contribution in [3.63, 3.8) is 0 Å². The number of aryl methyl sites for hydroxylation is 1. The lowest BCUT2D eigenvalue weighted by atomic mass is 9.96. The van der Waals surface area contributed by atoms with Crippen molar-refractivity contribution >= 4 is 23.2 Å². The molecule has 2 unspecified atom stereocenters. The number of carbonyl (C=O) groups excluding carboxylic acids is 2. The Morgan fingerprint density at radius 1 is 1.41 bits per heavy atom. The summed E-state index contributed by atoms with van der Waals surface area (Å²) < 4.78 is 5.39. The fourth-order valence-electron chi connectivity index (χ4n) is 2.34. The van der Waals surface area contributed by atoms with Crippen LogP contribution >= 0.6 is 11.3 Å². The van der Waals surface area contributed by atoms with E-state index in [9.17, 15) is 14.7 Å². The van der Waals surface area contributed by atoms with Crippen molar-refractivity contribution in [1.82, 2.24) is 9.88 Å². The summed E-state index contributed by atoms with van der Waals surface area (Å²) in [5.41, 5.74) is 0.865. The zero-order chi connectivity index (χ0) is 16.9. The first-order valence-corrected chi connectivity index (χ1v) is 8.11. The zero-order valence-electron chi connectivity index (χ0n) is 13.7. The number of thiazole rings is 1. The first kappa shape index (κ1) is 18.6. The highest BCUT2D eigenvalue weighted by atomic mass is 32.1. The van der Waals surface area contributed by atoms with Crippen molar-refractivity contribution in [2.24, 2.45) is 5.92 Å². The zero-order valence-corrected chi connectivity index (χ0v) is 14.5. The Balaban J connectivity index is 3.02. The Morgan fingerprint density at radius 2 is 2.05 bits per heavy atom. The molecule has 0 fully saturated rings. The molecule has 124 valence electrons. The fourth-order valence-corrected chi connectivity index (χ4v) is 3.17. The molecule has 0 spiro atoms. The maximum absolute atomic E-state index is 11.7. The predicted octanol–water partition coefficient (Wildman–Crippen LogP) is 2.27. The molecule has 0 aliphatic rings. The molecule has 0 saturated heterocycles. The molecule has 1 aromatic rings. The van der Waals surface area contributed by atoms with Gasteiger partial charge in [-0.15, -0.1) is 11.3 Å². The van der Waals surface area contributed by atoms with E-state index >= 15 is 0 Å². The molecule has 0 radical (unpaired) electrons. The lowest BCUT2D eigenvalue weighted by Gasteiger charge is -2.34. The SMILES string of the molecule is CC(=O)OC(CC(C(C)C)N(CO)C(C)=O)c1nc(C)cs1. The van der Waals surface area contributed by atoms with Gasteiger partial charge in [0.25, 0.3) is 0 Å². The molecule has 0 aromatic carbocycles. The number of aliphatic hydroxyl groups excluding tert-OH is 1. The van der Waals surface area contributed by atoms with Crippen molar-refractivity contribution in [3.05, 3.63) is 16.1 Å². The standard InChI is InChI=1S/C15H24N2O4S/c1-9(2)13(17(8-18)11(4)19)6-14(21-12(5)20)15-16-10(3)7-22-15/h7,9,13-14,18H,6,8H2,1-5H3. The van der Waals surface area contributed by atoms with E-state index in [1.54, 1.807) is 0 Å². The molecule has 0 aliphatic carbocycles. The summed E-state index contributed by atoms with van der Waals surface area (Å²) in [6.45, 7) is 8.22. The molecular formula is C15H24N2O4S. The Hall–Kier alpha value is -1.47. The van der Waals surface area contributed by atoms with Gasteiger partial charge >= 0.3 is 5.97 Å². The molecular weight excluding hydrogens is 304 g/mol. The number of nitrogens with zero attached hydrogens (tertiary/aromatic N) is 2. The van der Waals surface area contributed by atoms with E-state index in [-0.39, 0.29) is 24.6 Å². The van der Waals surface area contributed by atoms with Gasteiger partial charge in [-0.1, -0.05) is 13.8 Å². The Labute approximate surface area is 135 Å². The highest BCUT2D eigenvalue weighted by Crippen LogP contribution is 2.30. The molecule has 7 heteroatoms. The van der Waals surface area contributed by atoms with Crippen molar-refractivity contribution in [1.29, 1.82) is 0 Å². The van der Waals surface area contributed by atoms with Gasteiger partial charge in [-0.05, 0) is 12.8 Å². The fraction of sp³-hybridized carbons (Fsp3) is 0.667. The topological polar surface area (TPSA) is 79.7 Å². The van der Waals surface area contributed by atoms with E-state index in [1.807, 2.05) is 26.2 Å². The van der Waals surface area contributed by atoms with Gasteiger partial charge in [0.1, 0.15) is 11.7 Å². The third-order valence-electron chi connectivity index (χ3n) is 3.40. The molecule has 6 nitrogen and oxygen atoms in total. The van der Waals surface area contributed by atoms with Gasteiger partial charge in [0.05, 0.1) is 0 Å². The molecule has 0 bridgehead atoms. The minimum Gasteiger partial charge on any atom is -0.455 e. The van der Waals surface area contributed by atoms with E-state index in [0.29, 0.717) is 11.4 Å². The van der Waals surface area contributed by atoms with Crippen LogP contribution in [0.5, 0.6) is 0 Å². The van der Waals surface area contributed by atoms with Gasteiger partial charge in [-0.25, -0.2) is 4.98 Å². The number of hydrogen-bond acceptors (Lipinski definition) is 6. The van der Waals surface area contributed by atoms with Crippen molar-refractivity contribution in [3.8, 4) is 0 Å². The molecule has 0 saturated carbocycles. The van der Waals surface area contributed by atoms with Gasteiger partial charge in [-0.3, -0.25) is 9.59 Å². The first-order chi connectivity index (χ1) is 10.3. The summed E-state index contributed by atoms with van der Waals surface area (Å²) >= 11 is 1.43. The molecule has 0 aliphatic heterocycles. The van der Waals surface area contributed by atoms with Crippen molar-refractivity contribution < 1.29 is 19.4 Å². The quantitative estimate of drug-likeness (QED) is 0.613.